The quantitative estimate of drug-likeness (QED) is 0.890. The molecule has 1 N–H and O–H groups in total. The highest BCUT2D eigenvalue weighted by molar-refractivity contribution is 7.91. The van der Waals surface area contributed by atoms with Gasteiger partial charge in [-0.25, -0.2) is 13.2 Å². The van der Waals surface area contributed by atoms with E-state index in [1.807, 2.05) is 0 Å². The summed E-state index contributed by atoms with van der Waals surface area (Å²) < 4.78 is 62.1. The molecule has 0 amide bonds. The lowest BCUT2D eigenvalue weighted by molar-refractivity contribution is -0.138. The van der Waals surface area contributed by atoms with Crippen LogP contribution in [0.25, 0.3) is 0 Å². The number of hydrogen-bond acceptors (Lipinski definition) is 4. The van der Waals surface area contributed by atoms with E-state index in [-0.39, 0.29) is 10.4 Å². The molecule has 0 radical (unpaired) electrons. The predicted octanol–water partition coefficient (Wildman–Crippen LogP) is 2.72. The Morgan fingerprint density at radius 2 is 1.95 bits per heavy atom. The van der Waals surface area contributed by atoms with Crippen LogP contribution in [0.15, 0.2) is 10.3 Å². The fraction of sp³-hybridized carbons (Fsp3) is 0.545. The van der Waals surface area contributed by atoms with Crippen LogP contribution in [0, 0.1) is 6.92 Å². The third-order valence-corrected chi connectivity index (χ3v) is 6.26. The van der Waals surface area contributed by atoms with Gasteiger partial charge in [-0.2, -0.15) is 17.5 Å². The lowest BCUT2D eigenvalue weighted by Gasteiger charge is -2.26. The summed E-state index contributed by atoms with van der Waals surface area (Å²) in [5, 5.41) is 8.90. The minimum absolute atomic E-state index is 0.196. The first-order valence-electron chi connectivity index (χ1n) is 5.78. The number of aryl methyl sites for hydroxylation is 1. The highest BCUT2D eigenvalue weighted by Crippen LogP contribution is 2.31. The van der Waals surface area contributed by atoms with Crippen molar-refractivity contribution >= 4 is 27.3 Å². The zero-order chi connectivity index (χ0) is 16.6. The first kappa shape index (κ1) is 17.9. The van der Waals surface area contributed by atoms with E-state index in [9.17, 15) is 26.4 Å². The number of rotatable bonds is 5. The second-order valence-electron chi connectivity index (χ2n) is 4.64. The Balaban J connectivity index is 3.30. The van der Waals surface area contributed by atoms with Gasteiger partial charge in [0.25, 0.3) is 10.0 Å². The first-order chi connectivity index (χ1) is 9.36. The maximum atomic E-state index is 12.5. The first-order valence-corrected chi connectivity index (χ1v) is 8.04. The Hall–Kier alpha value is -1.13. The van der Waals surface area contributed by atoms with Crippen LogP contribution in [0.5, 0.6) is 0 Å². The summed E-state index contributed by atoms with van der Waals surface area (Å²) in [6, 6.07) is 0.169. The number of carboxylic acids is 1. The second kappa shape index (κ2) is 5.93. The summed E-state index contributed by atoms with van der Waals surface area (Å²) in [5.74, 6) is -1.31. The SMILES string of the molecule is Cc1cc(S(=O)(=O)N(CC(F)(F)F)C(C)C)sc1C(=O)O. The molecule has 0 saturated carbocycles. The molecule has 0 unspecified atom stereocenters. The summed E-state index contributed by atoms with van der Waals surface area (Å²) in [6.07, 6.45) is -4.68. The van der Waals surface area contributed by atoms with Crippen molar-refractivity contribution in [3.05, 3.63) is 16.5 Å². The normalized spacial score (nSPS) is 13.1. The van der Waals surface area contributed by atoms with Gasteiger partial charge in [-0.3, -0.25) is 0 Å². The molecule has 10 heteroatoms. The molecule has 1 heterocycles. The van der Waals surface area contributed by atoms with E-state index in [1.54, 1.807) is 0 Å². The van der Waals surface area contributed by atoms with Crippen molar-refractivity contribution in [1.82, 2.24) is 4.31 Å². The number of alkyl halides is 3. The molecule has 0 aromatic carbocycles. The number of halogens is 3. The number of aromatic carboxylic acids is 1. The zero-order valence-electron chi connectivity index (χ0n) is 11.4. The highest BCUT2D eigenvalue weighted by atomic mass is 32.2. The molecule has 0 fully saturated rings. The Kier molecular flexibility index (Phi) is 5.06. The monoisotopic (exact) mass is 345 g/mol. The molecule has 0 saturated heterocycles. The number of nitrogens with zero attached hydrogens (tertiary/aromatic N) is 1. The number of carbonyl (C=O) groups is 1. The predicted molar refractivity (Wildman–Crippen MR) is 71.1 cm³/mol. The standard InChI is InChI=1S/C11H14F3NO4S2/c1-6(2)15(5-11(12,13)14)21(18,19)8-4-7(3)9(20-8)10(16)17/h4,6H,5H2,1-3H3,(H,16,17). The van der Waals surface area contributed by atoms with Crippen LogP contribution < -0.4 is 0 Å². The van der Waals surface area contributed by atoms with Crippen LogP contribution in [0.2, 0.25) is 0 Å². The summed E-state index contributed by atoms with van der Waals surface area (Å²) in [7, 11) is -4.40. The Bertz CT molecular complexity index is 634. The van der Waals surface area contributed by atoms with Gasteiger partial charge < -0.3 is 5.11 Å². The van der Waals surface area contributed by atoms with Gasteiger partial charge >= 0.3 is 12.1 Å². The number of sulfonamides is 1. The van der Waals surface area contributed by atoms with Crippen molar-refractivity contribution in [2.24, 2.45) is 0 Å². The van der Waals surface area contributed by atoms with Gasteiger partial charge in [0, 0.05) is 6.04 Å². The molecule has 0 aliphatic carbocycles. The van der Waals surface area contributed by atoms with Crippen molar-refractivity contribution < 1.29 is 31.5 Å². The molecule has 1 aromatic heterocycles. The van der Waals surface area contributed by atoms with E-state index in [0.29, 0.717) is 15.6 Å². The molecule has 1 rings (SSSR count). The molecule has 0 bridgehead atoms. The zero-order valence-corrected chi connectivity index (χ0v) is 13.1. The molecule has 21 heavy (non-hydrogen) atoms. The minimum atomic E-state index is -4.68. The molecule has 0 aliphatic rings. The third kappa shape index (κ3) is 4.17. The average Bonchev–Trinajstić information content (AvgIpc) is 2.67. The molecule has 0 spiro atoms. The summed E-state index contributed by atoms with van der Waals surface area (Å²) >= 11 is 0.450. The average molecular weight is 345 g/mol. The molecule has 1 aromatic rings. The van der Waals surface area contributed by atoms with Gasteiger partial charge in [0.1, 0.15) is 15.6 Å². The molecule has 0 atom stereocenters. The Morgan fingerprint density at radius 3 is 2.29 bits per heavy atom. The van der Waals surface area contributed by atoms with Crippen molar-refractivity contribution in [2.45, 2.75) is 37.2 Å². The van der Waals surface area contributed by atoms with Crippen LogP contribution in [0.1, 0.15) is 29.1 Å². The van der Waals surface area contributed by atoms with E-state index in [0.717, 1.165) is 6.07 Å². The Labute approximate surface area is 124 Å². The number of carboxylic acid groups (broad SMARTS) is 1. The van der Waals surface area contributed by atoms with Crippen LogP contribution in [0.3, 0.4) is 0 Å². The van der Waals surface area contributed by atoms with Crippen LogP contribution >= 0.6 is 11.3 Å². The van der Waals surface area contributed by atoms with Crippen molar-refractivity contribution in [3.8, 4) is 0 Å². The van der Waals surface area contributed by atoms with Gasteiger partial charge in [0.15, 0.2) is 0 Å². The smallest absolute Gasteiger partial charge is 0.402 e. The summed E-state index contributed by atoms with van der Waals surface area (Å²) in [4.78, 5) is 10.7. The topological polar surface area (TPSA) is 74.7 Å². The second-order valence-corrected chi connectivity index (χ2v) is 7.81. The van der Waals surface area contributed by atoms with E-state index in [1.165, 1.54) is 20.8 Å². The van der Waals surface area contributed by atoms with Crippen molar-refractivity contribution in [3.63, 3.8) is 0 Å². The number of hydrogen-bond donors (Lipinski definition) is 1. The van der Waals surface area contributed by atoms with Crippen molar-refractivity contribution in [1.29, 1.82) is 0 Å². The maximum Gasteiger partial charge on any atom is 0.402 e. The van der Waals surface area contributed by atoms with Gasteiger partial charge in [-0.15, -0.1) is 11.3 Å². The lowest BCUT2D eigenvalue weighted by Crippen LogP contribution is -2.42. The van der Waals surface area contributed by atoms with Crippen LogP contribution in [-0.2, 0) is 10.0 Å². The minimum Gasteiger partial charge on any atom is -0.477 e. The molecular weight excluding hydrogens is 331 g/mol. The fourth-order valence-electron chi connectivity index (χ4n) is 1.63. The molecule has 0 aliphatic heterocycles. The van der Waals surface area contributed by atoms with Gasteiger partial charge in [0.2, 0.25) is 0 Å². The third-order valence-electron chi connectivity index (χ3n) is 2.56. The molecular formula is C11H14F3NO4S2. The van der Waals surface area contributed by atoms with E-state index in [2.05, 4.69) is 0 Å². The maximum absolute atomic E-state index is 12.5. The van der Waals surface area contributed by atoms with Gasteiger partial charge in [-0.05, 0) is 32.4 Å². The number of thiophene rings is 1. The Morgan fingerprint density at radius 1 is 1.43 bits per heavy atom. The van der Waals surface area contributed by atoms with Crippen LogP contribution in [0.4, 0.5) is 13.2 Å². The van der Waals surface area contributed by atoms with E-state index < -0.39 is 39.0 Å². The molecule has 120 valence electrons. The van der Waals surface area contributed by atoms with E-state index >= 15 is 0 Å². The van der Waals surface area contributed by atoms with E-state index in [4.69, 9.17) is 5.11 Å². The highest BCUT2D eigenvalue weighted by Gasteiger charge is 2.39. The summed E-state index contributed by atoms with van der Waals surface area (Å²) in [6.45, 7) is 2.42. The summed E-state index contributed by atoms with van der Waals surface area (Å²) in [5.41, 5.74) is 0.196. The lowest BCUT2D eigenvalue weighted by atomic mass is 10.3. The van der Waals surface area contributed by atoms with Crippen LogP contribution in [-0.4, -0.2) is 42.6 Å². The largest absolute Gasteiger partial charge is 0.477 e. The molecule has 5 nitrogen and oxygen atoms in total. The van der Waals surface area contributed by atoms with Gasteiger partial charge in [0.05, 0.1) is 0 Å². The van der Waals surface area contributed by atoms with Crippen molar-refractivity contribution in [2.75, 3.05) is 6.54 Å². The fourth-order valence-corrected chi connectivity index (χ4v) is 4.76. The van der Waals surface area contributed by atoms with Gasteiger partial charge in [-0.1, -0.05) is 0 Å².